The number of esters is 1. The number of imide groups is 1. The van der Waals surface area contributed by atoms with Crippen LogP contribution in [0.3, 0.4) is 0 Å². The summed E-state index contributed by atoms with van der Waals surface area (Å²) in [5, 5.41) is 3.31. The van der Waals surface area contributed by atoms with E-state index in [1.807, 2.05) is 37.3 Å². The van der Waals surface area contributed by atoms with Crippen LogP contribution in [0.15, 0.2) is 54.6 Å². The standard InChI is InChI=1S/C25H25N3O5/c1-3-33-19(29)14-27-18-12-8-7-11-17(18)25(24(27)32)21-20(15(2)26-25)22(30)28(23(21)31)13-16-9-5-4-6-10-16/h4-12,15,20-21,26H,3,13-14H2,1-2H3/t15-,20+,21-,25+/m1/s1. The number of carbonyl (C=O) groups is 4. The Morgan fingerprint density at radius 3 is 2.42 bits per heavy atom. The molecule has 1 spiro atoms. The van der Waals surface area contributed by atoms with Crippen LogP contribution in [-0.4, -0.2) is 47.8 Å². The van der Waals surface area contributed by atoms with E-state index in [0.717, 1.165) is 5.56 Å². The minimum absolute atomic E-state index is 0.163. The molecule has 3 amide bonds. The van der Waals surface area contributed by atoms with E-state index in [1.165, 1.54) is 9.80 Å². The van der Waals surface area contributed by atoms with Gasteiger partial charge in [-0.25, -0.2) is 0 Å². The molecule has 8 heteroatoms. The Morgan fingerprint density at radius 1 is 1.00 bits per heavy atom. The summed E-state index contributed by atoms with van der Waals surface area (Å²) in [6.07, 6.45) is 0. The van der Waals surface area contributed by atoms with Gasteiger partial charge in [0.25, 0.3) is 5.91 Å². The first-order chi connectivity index (χ1) is 15.9. The Balaban J connectivity index is 1.56. The lowest BCUT2D eigenvalue weighted by atomic mass is 9.76. The van der Waals surface area contributed by atoms with Crippen molar-refractivity contribution >= 4 is 29.4 Å². The van der Waals surface area contributed by atoms with Crippen molar-refractivity contribution in [2.45, 2.75) is 32.0 Å². The van der Waals surface area contributed by atoms with Crippen molar-refractivity contribution in [3.63, 3.8) is 0 Å². The van der Waals surface area contributed by atoms with Crippen molar-refractivity contribution in [1.29, 1.82) is 0 Å². The molecule has 2 fully saturated rings. The number of nitrogens with zero attached hydrogens (tertiary/aromatic N) is 2. The fraction of sp³-hybridized carbons (Fsp3) is 0.360. The van der Waals surface area contributed by atoms with Crippen LogP contribution in [0.25, 0.3) is 0 Å². The summed E-state index contributed by atoms with van der Waals surface area (Å²) in [7, 11) is 0. The first-order valence-electron chi connectivity index (χ1n) is 11.1. The number of carbonyl (C=O) groups excluding carboxylic acids is 4. The smallest absolute Gasteiger partial charge is 0.326 e. The third-order valence-corrected chi connectivity index (χ3v) is 6.88. The molecule has 2 saturated heterocycles. The minimum Gasteiger partial charge on any atom is -0.465 e. The number of rotatable bonds is 5. The maximum absolute atomic E-state index is 13.9. The Kier molecular flexibility index (Phi) is 5.05. The van der Waals surface area contributed by atoms with E-state index in [1.54, 1.807) is 31.2 Å². The summed E-state index contributed by atoms with van der Waals surface area (Å²) in [6.45, 7) is 3.64. The number of nitrogens with one attached hydrogen (secondary N) is 1. The molecule has 2 aromatic carbocycles. The maximum Gasteiger partial charge on any atom is 0.326 e. The lowest BCUT2D eigenvalue weighted by Crippen LogP contribution is -2.55. The summed E-state index contributed by atoms with van der Waals surface area (Å²) in [5.41, 5.74) is 0.612. The van der Waals surface area contributed by atoms with Gasteiger partial charge in [0.15, 0.2) is 0 Å². The zero-order valence-electron chi connectivity index (χ0n) is 18.5. The number of likely N-dealkylation sites (tertiary alicyclic amines) is 1. The van der Waals surface area contributed by atoms with Gasteiger partial charge >= 0.3 is 5.97 Å². The van der Waals surface area contributed by atoms with Crippen molar-refractivity contribution in [3.8, 4) is 0 Å². The van der Waals surface area contributed by atoms with E-state index >= 15 is 0 Å². The second-order valence-electron chi connectivity index (χ2n) is 8.71. The maximum atomic E-state index is 13.9. The van der Waals surface area contributed by atoms with E-state index in [-0.39, 0.29) is 31.5 Å². The molecule has 1 N–H and O–H groups in total. The third kappa shape index (κ3) is 3.01. The zero-order chi connectivity index (χ0) is 23.3. The molecule has 0 unspecified atom stereocenters. The average Bonchev–Trinajstić information content (AvgIpc) is 3.34. The molecule has 0 bridgehead atoms. The highest BCUT2D eigenvalue weighted by Gasteiger charge is 2.70. The highest BCUT2D eigenvalue weighted by Crippen LogP contribution is 2.54. The number of benzene rings is 2. The van der Waals surface area contributed by atoms with Gasteiger partial charge in [-0.3, -0.25) is 34.3 Å². The second-order valence-corrected chi connectivity index (χ2v) is 8.71. The van der Waals surface area contributed by atoms with Crippen molar-refractivity contribution in [3.05, 3.63) is 65.7 Å². The van der Waals surface area contributed by atoms with Crippen molar-refractivity contribution < 1.29 is 23.9 Å². The fourth-order valence-corrected chi connectivity index (χ4v) is 5.58. The Bertz CT molecular complexity index is 1150. The number of para-hydroxylation sites is 1. The van der Waals surface area contributed by atoms with Gasteiger partial charge in [-0.2, -0.15) is 0 Å². The monoisotopic (exact) mass is 447 g/mol. The van der Waals surface area contributed by atoms with Gasteiger partial charge in [-0.1, -0.05) is 48.5 Å². The molecule has 3 heterocycles. The lowest BCUT2D eigenvalue weighted by molar-refractivity contribution is -0.144. The average molecular weight is 447 g/mol. The SMILES string of the molecule is CCOC(=O)CN1C(=O)[C@]2(N[C@H](C)[C@@H]3C(=O)N(Cc4ccccc4)C(=O)[C@@H]32)c2ccccc21. The molecular formula is C25H25N3O5. The molecule has 0 saturated carbocycles. The van der Waals surface area contributed by atoms with Crippen LogP contribution < -0.4 is 10.2 Å². The van der Waals surface area contributed by atoms with Crippen LogP contribution in [0.5, 0.6) is 0 Å². The second kappa shape index (κ2) is 7.81. The highest BCUT2D eigenvalue weighted by molar-refractivity contribution is 6.16. The van der Waals surface area contributed by atoms with Gasteiger partial charge in [0.05, 0.1) is 25.0 Å². The number of ether oxygens (including phenoxy) is 1. The molecule has 8 nitrogen and oxygen atoms in total. The van der Waals surface area contributed by atoms with Crippen LogP contribution in [0.4, 0.5) is 5.69 Å². The quantitative estimate of drug-likeness (QED) is 0.552. The Labute approximate surface area is 191 Å². The third-order valence-electron chi connectivity index (χ3n) is 6.88. The predicted octanol–water partition coefficient (Wildman–Crippen LogP) is 1.58. The van der Waals surface area contributed by atoms with Gasteiger partial charge in [0.1, 0.15) is 12.1 Å². The van der Waals surface area contributed by atoms with E-state index in [4.69, 9.17) is 4.74 Å². The van der Waals surface area contributed by atoms with Crippen LogP contribution >= 0.6 is 0 Å². The van der Waals surface area contributed by atoms with Gasteiger partial charge in [-0.15, -0.1) is 0 Å². The molecule has 3 aliphatic heterocycles. The number of fused-ring (bicyclic) bond motifs is 4. The summed E-state index contributed by atoms with van der Waals surface area (Å²) in [4.78, 5) is 55.9. The topological polar surface area (TPSA) is 96.0 Å². The fourth-order valence-electron chi connectivity index (χ4n) is 5.58. The zero-order valence-corrected chi connectivity index (χ0v) is 18.5. The van der Waals surface area contributed by atoms with Gasteiger partial charge < -0.3 is 4.74 Å². The number of hydrogen-bond acceptors (Lipinski definition) is 6. The molecule has 0 radical (unpaired) electrons. The first-order valence-corrected chi connectivity index (χ1v) is 11.1. The van der Waals surface area contributed by atoms with Gasteiger partial charge in [0, 0.05) is 17.3 Å². The predicted molar refractivity (Wildman–Crippen MR) is 119 cm³/mol. The molecule has 2 aromatic rings. The summed E-state index contributed by atoms with van der Waals surface area (Å²) in [5.74, 6) is -3.13. The molecule has 4 atom stereocenters. The van der Waals surface area contributed by atoms with Crippen LogP contribution in [0, 0.1) is 11.8 Å². The Hall–Kier alpha value is -3.52. The summed E-state index contributed by atoms with van der Waals surface area (Å²) < 4.78 is 5.07. The van der Waals surface area contributed by atoms with E-state index < -0.39 is 35.3 Å². The molecule has 33 heavy (non-hydrogen) atoms. The largest absolute Gasteiger partial charge is 0.465 e. The van der Waals surface area contributed by atoms with Crippen molar-refractivity contribution in [2.75, 3.05) is 18.1 Å². The number of amides is 3. The van der Waals surface area contributed by atoms with Gasteiger partial charge in [0.2, 0.25) is 11.8 Å². The van der Waals surface area contributed by atoms with E-state index in [9.17, 15) is 19.2 Å². The van der Waals surface area contributed by atoms with E-state index in [0.29, 0.717) is 11.3 Å². The molecule has 0 aromatic heterocycles. The molecule has 5 rings (SSSR count). The number of anilines is 1. The first kappa shape index (κ1) is 21.3. The van der Waals surface area contributed by atoms with Crippen LogP contribution in [-0.2, 0) is 36.0 Å². The molecule has 3 aliphatic rings. The van der Waals surface area contributed by atoms with Crippen LogP contribution in [0.1, 0.15) is 25.0 Å². The summed E-state index contributed by atoms with van der Waals surface area (Å²) >= 11 is 0. The van der Waals surface area contributed by atoms with E-state index in [2.05, 4.69) is 5.32 Å². The van der Waals surface area contributed by atoms with Crippen molar-refractivity contribution in [1.82, 2.24) is 10.2 Å². The van der Waals surface area contributed by atoms with Crippen molar-refractivity contribution in [2.24, 2.45) is 11.8 Å². The normalized spacial score (nSPS) is 27.9. The molecular weight excluding hydrogens is 422 g/mol. The number of hydrogen-bond donors (Lipinski definition) is 1. The molecule has 170 valence electrons. The van der Waals surface area contributed by atoms with Crippen LogP contribution in [0.2, 0.25) is 0 Å². The lowest BCUT2D eigenvalue weighted by Gasteiger charge is -2.30. The highest BCUT2D eigenvalue weighted by atomic mass is 16.5. The Morgan fingerprint density at radius 2 is 1.70 bits per heavy atom. The van der Waals surface area contributed by atoms with Gasteiger partial charge in [-0.05, 0) is 25.5 Å². The molecule has 0 aliphatic carbocycles. The minimum atomic E-state index is -1.40. The summed E-state index contributed by atoms with van der Waals surface area (Å²) in [6, 6.07) is 16.0.